The number of fused-ring (bicyclic) bond motifs is 7. The highest BCUT2D eigenvalue weighted by molar-refractivity contribution is 5.71. The molecule has 29 heavy (non-hydrogen) atoms. The van der Waals surface area contributed by atoms with Gasteiger partial charge in [-0.05, 0) is 84.9 Å². The zero-order valence-corrected chi connectivity index (χ0v) is 18.6. The molecule has 5 fully saturated rings. The topological polar surface area (TPSA) is 66.8 Å². The zero-order chi connectivity index (χ0) is 20.7. The Morgan fingerprint density at radius 3 is 2.48 bits per heavy atom. The molecule has 0 aromatic rings. The quantitative estimate of drug-likeness (QED) is 0.644. The van der Waals surface area contributed by atoms with Crippen molar-refractivity contribution >= 4 is 5.97 Å². The lowest BCUT2D eigenvalue weighted by molar-refractivity contribution is -0.204. The largest absolute Gasteiger partial charge is 0.462 e. The van der Waals surface area contributed by atoms with Crippen molar-refractivity contribution in [2.45, 2.75) is 97.4 Å². The van der Waals surface area contributed by atoms with Crippen LogP contribution < -0.4 is 0 Å². The van der Waals surface area contributed by atoms with Crippen molar-refractivity contribution < 1.29 is 19.7 Å². The predicted molar refractivity (Wildman–Crippen MR) is 111 cm³/mol. The monoisotopic (exact) mass is 404 g/mol. The number of carbonyl (C=O) groups is 1. The van der Waals surface area contributed by atoms with Crippen molar-refractivity contribution in [3.8, 4) is 0 Å². The average Bonchev–Trinajstić information content (AvgIpc) is 2.95. The molecule has 1 saturated heterocycles. The van der Waals surface area contributed by atoms with E-state index in [4.69, 9.17) is 4.74 Å². The number of carbonyl (C=O) groups excluding carboxylic acids is 1. The van der Waals surface area contributed by atoms with Gasteiger partial charge in [-0.1, -0.05) is 34.1 Å². The molecule has 4 nitrogen and oxygen atoms in total. The van der Waals surface area contributed by atoms with Crippen LogP contribution in [0.2, 0.25) is 0 Å². The Hall–Kier alpha value is -0.610. The van der Waals surface area contributed by atoms with Crippen LogP contribution in [0.4, 0.5) is 0 Å². The Kier molecular flexibility index (Phi) is 4.68. The van der Waals surface area contributed by atoms with Gasteiger partial charge in [-0.15, -0.1) is 0 Å². The average molecular weight is 405 g/mol. The minimum absolute atomic E-state index is 0.0264. The summed E-state index contributed by atoms with van der Waals surface area (Å²) in [5.41, 5.74) is 0.393. The van der Waals surface area contributed by atoms with E-state index in [0.29, 0.717) is 41.9 Å². The molecule has 4 unspecified atom stereocenters. The van der Waals surface area contributed by atoms with Crippen LogP contribution >= 0.6 is 0 Å². The lowest BCUT2D eigenvalue weighted by atomic mass is 9.41. The van der Waals surface area contributed by atoms with Gasteiger partial charge in [0.05, 0.1) is 12.2 Å². The van der Waals surface area contributed by atoms with Crippen LogP contribution in [-0.2, 0) is 9.53 Å². The first-order valence-corrected chi connectivity index (χ1v) is 12.3. The second kappa shape index (κ2) is 6.69. The maximum Gasteiger partial charge on any atom is 0.306 e. The standard InChI is InChI=1S/C25H40O4/c1-5-15-17-11-14(26)6-8-24(17,3)16-7-9-25(4)18(21(16)23(15)28)12-19-22(25)13(2)10-20(27)29-19/h13-19,21-23,26,28H,5-12H2,1-4H3/t13-,14-,15-,16?,17+,18?,19+,21?,22+,23?,24-,25+/m1/s1. The molecule has 4 aliphatic carbocycles. The fourth-order valence-corrected chi connectivity index (χ4v) is 9.73. The molecule has 12 atom stereocenters. The van der Waals surface area contributed by atoms with E-state index in [1.54, 1.807) is 0 Å². The molecule has 4 saturated carbocycles. The SMILES string of the molecule is CC[C@H]1C(O)C2C3C[C@@H]4OC(=O)C[C@@H](C)[C@@H]4[C@@]3(C)CCC2[C@@]2(C)CC[C@@H](O)C[C@@H]12. The van der Waals surface area contributed by atoms with Crippen molar-refractivity contribution in [2.75, 3.05) is 0 Å². The van der Waals surface area contributed by atoms with E-state index in [9.17, 15) is 15.0 Å². The van der Waals surface area contributed by atoms with Gasteiger partial charge in [0.15, 0.2) is 0 Å². The fourth-order valence-electron chi connectivity index (χ4n) is 9.73. The number of hydrogen-bond acceptors (Lipinski definition) is 4. The molecule has 1 aliphatic heterocycles. The van der Waals surface area contributed by atoms with Gasteiger partial charge in [0.1, 0.15) is 6.10 Å². The summed E-state index contributed by atoms with van der Waals surface area (Å²) in [4.78, 5) is 12.1. The van der Waals surface area contributed by atoms with Gasteiger partial charge in [0.25, 0.3) is 0 Å². The summed E-state index contributed by atoms with van der Waals surface area (Å²) in [5, 5.41) is 22.1. The minimum Gasteiger partial charge on any atom is -0.462 e. The lowest BCUT2D eigenvalue weighted by Crippen LogP contribution is -2.62. The van der Waals surface area contributed by atoms with Crippen LogP contribution in [-0.4, -0.2) is 34.5 Å². The van der Waals surface area contributed by atoms with E-state index in [0.717, 1.165) is 32.1 Å². The van der Waals surface area contributed by atoms with Gasteiger partial charge in [-0.3, -0.25) is 4.79 Å². The lowest BCUT2D eigenvalue weighted by Gasteiger charge is -2.64. The van der Waals surface area contributed by atoms with Crippen LogP contribution in [0.25, 0.3) is 0 Å². The normalized spacial score (nSPS) is 59.2. The van der Waals surface area contributed by atoms with Crippen LogP contribution in [0.1, 0.15) is 79.1 Å². The molecule has 2 N–H and O–H groups in total. The molecule has 4 heteroatoms. The first-order valence-electron chi connectivity index (χ1n) is 12.3. The predicted octanol–water partition coefficient (Wildman–Crippen LogP) is 4.17. The molecule has 0 amide bonds. The molecular weight excluding hydrogens is 364 g/mol. The molecule has 1 heterocycles. The molecule has 0 radical (unpaired) electrons. The highest BCUT2D eigenvalue weighted by Crippen LogP contribution is 2.70. The molecule has 164 valence electrons. The molecular formula is C25H40O4. The molecule has 5 rings (SSSR count). The van der Waals surface area contributed by atoms with Gasteiger partial charge in [0.2, 0.25) is 0 Å². The molecule has 0 aromatic carbocycles. The smallest absolute Gasteiger partial charge is 0.306 e. The third kappa shape index (κ3) is 2.67. The van der Waals surface area contributed by atoms with E-state index in [1.165, 1.54) is 12.8 Å². The van der Waals surface area contributed by atoms with Gasteiger partial charge in [0, 0.05) is 12.3 Å². The summed E-state index contributed by atoms with van der Waals surface area (Å²) in [6.07, 6.45) is 7.26. The fraction of sp³-hybridized carbons (Fsp3) is 0.960. The van der Waals surface area contributed by atoms with Crippen LogP contribution in [0.15, 0.2) is 0 Å². The van der Waals surface area contributed by atoms with E-state index in [-0.39, 0.29) is 41.0 Å². The van der Waals surface area contributed by atoms with Crippen molar-refractivity contribution in [3.05, 3.63) is 0 Å². The van der Waals surface area contributed by atoms with Gasteiger partial charge in [-0.2, -0.15) is 0 Å². The number of ether oxygens (including phenoxy) is 1. The van der Waals surface area contributed by atoms with Crippen LogP contribution in [0.5, 0.6) is 0 Å². The number of rotatable bonds is 1. The summed E-state index contributed by atoms with van der Waals surface area (Å²) in [6.45, 7) is 9.38. The van der Waals surface area contributed by atoms with E-state index >= 15 is 0 Å². The van der Waals surface area contributed by atoms with Crippen molar-refractivity contribution in [1.29, 1.82) is 0 Å². The van der Waals surface area contributed by atoms with Crippen molar-refractivity contribution in [1.82, 2.24) is 0 Å². The Bertz CT molecular complexity index is 678. The first kappa shape index (κ1) is 20.3. The highest BCUT2D eigenvalue weighted by atomic mass is 16.5. The number of hydrogen-bond donors (Lipinski definition) is 2. The maximum absolute atomic E-state index is 12.1. The zero-order valence-electron chi connectivity index (χ0n) is 18.6. The minimum atomic E-state index is -0.288. The third-order valence-corrected chi connectivity index (χ3v) is 10.9. The molecule has 0 bridgehead atoms. The third-order valence-electron chi connectivity index (χ3n) is 10.9. The van der Waals surface area contributed by atoms with E-state index < -0.39 is 0 Å². The van der Waals surface area contributed by atoms with E-state index in [2.05, 4.69) is 27.7 Å². The first-order chi connectivity index (χ1) is 13.7. The van der Waals surface area contributed by atoms with Crippen molar-refractivity contribution in [2.24, 2.45) is 52.3 Å². The second-order valence-corrected chi connectivity index (χ2v) is 11.9. The van der Waals surface area contributed by atoms with E-state index in [1.807, 2.05) is 0 Å². The molecule has 0 aromatic heterocycles. The van der Waals surface area contributed by atoms with Gasteiger partial charge < -0.3 is 14.9 Å². The van der Waals surface area contributed by atoms with Gasteiger partial charge in [-0.25, -0.2) is 0 Å². The number of aliphatic hydroxyl groups is 2. The van der Waals surface area contributed by atoms with Crippen LogP contribution in [0.3, 0.4) is 0 Å². The summed E-state index contributed by atoms with van der Waals surface area (Å²) >= 11 is 0. The van der Waals surface area contributed by atoms with Gasteiger partial charge >= 0.3 is 5.97 Å². The second-order valence-electron chi connectivity index (χ2n) is 11.9. The number of esters is 1. The Balaban J connectivity index is 1.53. The molecule has 5 aliphatic rings. The van der Waals surface area contributed by atoms with Crippen LogP contribution in [0, 0.1) is 52.3 Å². The maximum atomic E-state index is 12.1. The number of aliphatic hydroxyl groups excluding tert-OH is 2. The Labute approximate surface area is 175 Å². The van der Waals surface area contributed by atoms with Crippen molar-refractivity contribution in [3.63, 3.8) is 0 Å². The highest BCUT2D eigenvalue weighted by Gasteiger charge is 2.67. The Morgan fingerprint density at radius 1 is 1.03 bits per heavy atom. The summed E-state index contributed by atoms with van der Waals surface area (Å²) < 4.78 is 5.90. The summed E-state index contributed by atoms with van der Waals surface area (Å²) in [5.74, 6) is 2.78. The summed E-state index contributed by atoms with van der Waals surface area (Å²) in [7, 11) is 0. The molecule has 0 spiro atoms. The summed E-state index contributed by atoms with van der Waals surface area (Å²) in [6, 6.07) is 0. The Morgan fingerprint density at radius 2 is 1.76 bits per heavy atom.